The predicted molar refractivity (Wildman–Crippen MR) is 103 cm³/mol. The molecule has 3 aromatic rings. The lowest BCUT2D eigenvalue weighted by atomic mass is 10.1. The van der Waals surface area contributed by atoms with Crippen LogP contribution in [0.5, 0.6) is 0 Å². The van der Waals surface area contributed by atoms with E-state index in [0.717, 1.165) is 29.6 Å². The van der Waals surface area contributed by atoms with E-state index in [-0.39, 0.29) is 17.2 Å². The molecule has 27 heavy (non-hydrogen) atoms. The number of carboxylic acid groups (broad SMARTS) is 1. The minimum Gasteiger partial charge on any atom is -0.478 e. The van der Waals surface area contributed by atoms with E-state index in [1.54, 1.807) is 24.3 Å². The second-order valence-corrected chi connectivity index (χ2v) is 6.42. The Morgan fingerprint density at radius 1 is 1.30 bits per heavy atom. The number of para-hydroxylation sites is 1. The van der Waals surface area contributed by atoms with Crippen molar-refractivity contribution >= 4 is 34.5 Å². The van der Waals surface area contributed by atoms with Crippen LogP contribution in [0.15, 0.2) is 54.7 Å². The van der Waals surface area contributed by atoms with Gasteiger partial charge in [0.15, 0.2) is 0 Å². The highest BCUT2D eigenvalue weighted by Crippen LogP contribution is 2.19. The molecule has 1 unspecified atom stereocenters. The van der Waals surface area contributed by atoms with E-state index in [1.165, 1.54) is 12.1 Å². The van der Waals surface area contributed by atoms with Crippen LogP contribution in [0.25, 0.3) is 17.0 Å². The molecule has 0 saturated carbocycles. The number of amides is 1. The maximum atomic E-state index is 12.1. The van der Waals surface area contributed by atoms with Crippen molar-refractivity contribution in [3.8, 4) is 0 Å². The monoisotopic (exact) mass is 362 g/mol. The van der Waals surface area contributed by atoms with Crippen molar-refractivity contribution in [2.45, 2.75) is 12.6 Å². The summed E-state index contributed by atoms with van der Waals surface area (Å²) in [6, 6.07) is 12.7. The van der Waals surface area contributed by atoms with Crippen LogP contribution in [0.3, 0.4) is 0 Å². The number of carbonyl (C=O) groups excluding carboxylic acids is 1. The average Bonchev–Trinajstić information content (AvgIpc) is 3.39. The van der Waals surface area contributed by atoms with Crippen LogP contribution in [-0.2, 0) is 11.3 Å². The van der Waals surface area contributed by atoms with Crippen molar-refractivity contribution in [2.24, 2.45) is 0 Å². The Morgan fingerprint density at radius 2 is 2.11 bits per heavy atom. The van der Waals surface area contributed by atoms with Gasteiger partial charge in [0.2, 0.25) is 5.91 Å². The van der Waals surface area contributed by atoms with Gasteiger partial charge in [-0.05, 0) is 35.9 Å². The largest absolute Gasteiger partial charge is 0.478 e. The molecular weight excluding hydrogens is 344 g/mol. The lowest BCUT2D eigenvalue weighted by Gasteiger charge is -2.05. The number of carbonyl (C=O) groups is 2. The molecule has 0 spiro atoms. The molecule has 1 aliphatic rings. The topological polar surface area (TPSA) is 106 Å². The van der Waals surface area contributed by atoms with Crippen LogP contribution in [0.4, 0.5) is 5.69 Å². The number of fused-ring (bicyclic) bond motifs is 1. The smallest absolute Gasteiger partial charge is 0.337 e. The number of aromatic carboxylic acids is 1. The van der Waals surface area contributed by atoms with Crippen molar-refractivity contribution in [1.82, 2.24) is 15.1 Å². The molecule has 3 N–H and O–H groups in total. The SMILES string of the molecule is O=C(/C=C/c1ccc2c(cnn2CC2CN2)c1)Nc1ccccc1C(=O)O. The van der Waals surface area contributed by atoms with Crippen LogP contribution < -0.4 is 10.6 Å². The van der Waals surface area contributed by atoms with Crippen LogP contribution in [-0.4, -0.2) is 39.4 Å². The fraction of sp³-hybridized carbons (Fsp3) is 0.150. The Labute approximate surface area is 155 Å². The normalized spacial score (nSPS) is 15.9. The van der Waals surface area contributed by atoms with Crippen molar-refractivity contribution < 1.29 is 14.7 Å². The lowest BCUT2D eigenvalue weighted by Crippen LogP contribution is -2.11. The number of aromatic nitrogens is 2. The molecule has 2 aromatic carbocycles. The molecule has 1 amide bonds. The Bertz CT molecular complexity index is 1050. The van der Waals surface area contributed by atoms with Gasteiger partial charge in [-0.25, -0.2) is 4.79 Å². The van der Waals surface area contributed by atoms with Gasteiger partial charge in [-0.1, -0.05) is 18.2 Å². The van der Waals surface area contributed by atoms with Crippen LogP contribution in [0.1, 0.15) is 15.9 Å². The quantitative estimate of drug-likeness (QED) is 0.461. The predicted octanol–water partition coefficient (Wildman–Crippen LogP) is 2.36. The van der Waals surface area contributed by atoms with Crippen LogP contribution in [0.2, 0.25) is 0 Å². The average molecular weight is 362 g/mol. The Kier molecular flexibility index (Phi) is 4.43. The third kappa shape index (κ3) is 3.88. The number of hydrogen-bond donors (Lipinski definition) is 3. The third-order valence-electron chi connectivity index (χ3n) is 4.39. The second kappa shape index (κ2) is 7.05. The van der Waals surface area contributed by atoms with Crippen molar-refractivity contribution in [3.05, 3.63) is 65.9 Å². The summed E-state index contributed by atoms with van der Waals surface area (Å²) in [4.78, 5) is 23.3. The Balaban J connectivity index is 1.47. The number of carboxylic acids is 1. The maximum Gasteiger partial charge on any atom is 0.337 e. The van der Waals surface area contributed by atoms with E-state index < -0.39 is 5.97 Å². The molecule has 0 radical (unpaired) electrons. The molecule has 0 aliphatic carbocycles. The van der Waals surface area contributed by atoms with Gasteiger partial charge in [0.05, 0.1) is 29.5 Å². The number of anilines is 1. The molecule has 1 fully saturated rings. The molecule has 4 rings (SSSR count). The molecule has 7 heteroatoms. The molecule has 7 nitrogen and oxygen atoms in total. The summed E-state index contributed by atoms with van der Waals surface area (Å²) >= 11 is 0. The fourth-order valence-corrected chi connectivity index (χ4v) is 2.90. The summed E-state index contributed by atoms with van der Waals surface area (Å²) in [5, 5.41) is 20.4. The van der Waals surface area contributed by atoms with E-state index in [4.69, 9.17) is 5.11 Å². The standard InChI is InChI=1S/C20H18N4O3/c25-19(23-17-4-2-1-3-16(17)20(26)27)8-6-13-5-7-18-14(9-13)10-22-24(18)12-15-11-21-15/h1-10,15,21H,11-12H2,(H,23,25)(H,26,27)/b8-6+. The first-order valence-corrected chi connectivity index (χ1v) is 8.60. The van der Waals surface area contributed by atoms with Crippen molar-refractivity contribution in [2.75, 3.05) is 11.9 Å². The van der Waals surface area contributed by atoms with Crippen molar-refractivity contribution in [3.63, 3.8) is 0 Å². The first kappa shape index (κ1) is 17.0. The summed E-state index contributed by atoms with van der Waals surface area (Å²) in [5.74, 6) is -1.47. The Morgan fingerprint density at radius 3 is 2.89 bits per heavy atom. The minimum atomic E-state index is -1.08. The van der Waals surface area contributed by atoms with Gasteiger partial charge in [-0.2, -0.15) is 5.10 Å². The van der Waals surface area contributed by atoms with Gasteiger partial charge in [-0.3, -0.25) is 9.48 Å². The highest BCUT2D eigenvalue weighted by molar-refractivity contribution is 6.06. The molecule has 2 heterocycles. The van der Waals surface area contributed by atoms with Gasteiger partial charge >= 0.3 is 5.97 Å². The first-order chi connectivity index (χ1) is 13.1. The Hall–Kier alpha value is -3.45. The van der Waals surface area contributed by atoms with Gasteiger partial charge in [0, 0.05) is 24.0 Å². The summed E-state index contributed by atoms with van der Waals surface area (Å²) in [5.41, 5.74) is 2.25. The van der Waals surface area contributed by atoms with Gasteiger partial charge in [0.25, 0.3) is 0 Å². The number of nitrogens with one attached hydrogen (secondary N) is 2. The summed E-state index contributed by atoms with van der Waals surface area (Å²) < 4.78 is 1.98. The van der Waals surface area contributed by atoms with Gasteiger partial charge < -0.3 is 15.7 Å². The summed E-state index contributed by atoms with van der Waals surface area (Å²) in [6.07, 6.45) is 4.90. The molecule has 1 saturated heterocycles. The van der Waals surface area contributed by atoms with Crippen LogP contribution >= 0.6 is 0 Å². The highest BCUT2D eigenvalue weighted by atomic mass is 16.4. The lowest BCUT2D eigenvalue weighted by molar-refractivity contribution is -0.111. The van der Waals surface area contributed by atoms with E-state index in [2.05, 4.69) is 15.7 Å². The number of benzene rings is 2. The summed E-state index contributed by atoms with van der Waals surface area (Å²) in [6.45, 7) is 1.88. The summed E-state index contributed by atoms with van der Waals surface area (Å²) in [7, 11) is 0. The van der Waals surface area contributed by atoms with Gasteiger partial charge in [0.1, 0.15) is 0 Å². The van der Waals surface area contributed by atoms with E-state index in [1.807, 2.05) is 29.1 Å². The number of nitrogens with zero attached hydrogens (tertiary/aromatic N) is 2. The number of hydrogen-bond acceptors (Lipinski definition) is 4. The zero-order valence-electron chi connectivity index (χ0n) is 14.4. The van der Waals surface area contributed by atoms with Gasteiger partial charge in [-0.15, -0.1) is 0 Å². The number of rotatable bonds is 6. The van der Waals surface area contributed by atoms with E-state index in [0.29, 0.717) is 6.04 Å². The first-order valence-electron chi connectivity index (χ1n) is 8.60. The second-order valence-electron chi connectivity index (χ2n) is 6.42. The minimum absolute atomic E-state index is 0.0539. The molecule has 1 aromatic heterocycles. The van der Waals surface area contributed by atoms with Crippen molar-refractivity contribution in [1.29, 1.82) is 0 Å². The maximum absolute atomic E-state index is 12.1. The van der Waals surface area contributed by atoms with E-state index in [9.17, 15) is 9.59 Å². The zero-order valence-corrected chi connectivity index (χ0v) is 14.4. The zero-order chi connectivity index (χ0) is 18.8. The van der Waals surface area contributed by atoms with Crippen LogP contribution in [0, 0.1) is 0 Å². The molecular formula is C20H18N4O3. The molecule has 0 bridgehead atoms. The fourth-order valence-electron chi connectivity index (χ4n) is 2.90. The van der Waals surface area contributed by atoms with E-state index >= 15 is 0 Å². The molecule has 136 valence electrons. The molecule has 1 aliphatic heterocycles. The third-order valence-corrected chi connectivity index (χ3v) is 4.39. The highest BCUT2D eigenvalue weighted by Gasteiger charge is 2.21. The molecule has 1 atom stereocenters.